The maximum absolute atomic E-state index is 12.2. The lowest BCUT2D eigenvalue weighted by Gasteiger charge is -2.07. The van der Waals surface area contributed by atoms with Gasteiger partial charge in [-0.15, -0.1) is 10.2 Å². The fraction of sp³-hybridized carbons (Fsp3) is 0.167. The summed E-state index contributed by atoms with van der Waals surface area (Å²) in [5, 5.41) is 13.0. The van der Waals surface area contributed by atoms with Gasteiger partial charge in [0.15, 0.2) is 5.16 Å². The van der Waals surface area contributed by atoms with Crippen molar-refractivity contribution in [1.82, 2.24) is 14.8 Å². The van der Waals surface area contributed by atoms with E-state index < -0.39 is 0 Å². The van der Waals surface area contributed by atoms with Gasteiger partial charge in [0.05, 0.1) is 16.5 Å². The van der Waals surface area contributed by atoms with E-state index in [0.29, 0.717) is 27.3 Å². The molecule has 0 unspecified atom stereocenters. The Kier molecular flexibility index (Phi) is 6.81. The van der Waals surface area contributed by atoms with Gasteiger partial charge >= 0.3 is 0 Å². The predicted octanol–water partition coefficient (Wildman–Crippen LogP) is 5.21. The first kappa shape index (κ1) is 20.2. The van der Waals surface area contributed by atoms with Gasteiger partial charge in [-0.3, -0.25) is 4.79 Å². The minimum absolute atomic E-state index is 0.161. The summed E-state index contributed by atoms with van der Waals surface area (Å²) in [6.45, 7) is 0. The van der Waals surface area contributed by atoms with Crippen LogP contribution in [0, 0.1) is 0 Å². The normalized spacial score (nSPS) is 10.8. The van der Waals surface area contributed by atoms with Gasteiger partial charge in [0.2, 0.25) is 5.91 Å². The van der Waals surface area contributed by atoms with Crippen LogP contribution in [0.2, 0.25) is 10.0 Å². The minimum atomic E-state index is -0.161. The Morgan fingerprint density at radius 1 is 1.19 bits per heavy atom. The van der Waals surface area contributed by atoms with Crippen LogP contribution in [0.25, 0.3) is 0 Å². The molecule has 3 aromatic rings. The second-order valence-electron chi connectivity index (χ2n) is 5.72. The third kappa shape index (κ3) is 5.48. The van der Waals surface area contributed by atoms with Crippen LogP contribution in [-0.4, -0.2) is 26.4 Å². The zero-order valence-electron chi connectivity index (χ0n) is 14.2. The molecule has 0 fully saturated rings. The second-order valence-corrected chi connectivity index (χ2v) is 8.42. The Bertz CT molecular complexity index is 962. The summed E-state index contributed by atoms with van der Waals surface area (Å²) >= 11 is 16.7. The van der Waals surface area contributed by atoms with E-state index >= 15 is 0 Å². The first-order valence-corrected chi connectivity index (χ1v) is 10.5. The van der Waals surface area contributed by atoms with Crippen molar-refractivity contribution in [3.63, 3.8) is 0 Å². The molecule has 27 heavy (non-hydrogen) atoms. The van der Waals surface area contributed by atoms with Gasteiger partial charge in [-0.25, -0.2) is 0 Å². The Labute approximate surface area is 179 Å². The number of benzene rings is 2. The Balaban J connectivity index is 1.59. The number of thioether (sulfide) groups is 1. The summed E-state index contributed by atoms with van der Waals surface area (Å²) in [6, 6.07) is 12.9. The number of anilines is 1. The van der Waals surface area contributed by atoms with Crippen LogP contribution in [0.5, 0.6) is 0 Å². The largest absolute Gasteiger partial charge is 0.324 e. The van der Waals surface area contributed by atoms with Crippen LogP contribution in [0.4, 0.5) is 5.69 Å². The van der Waals surface area contributed by atoms with Crippen molar-refractivity contribution >= 4 is 62.5 Å². The maximum Gasteiger partial charge on any atom is 0.234 e. The Hall–Kier alpha value is -1.54. The smallest absolute Gasteiger partial charge is 0.234 e. The van der Waals surface area contributed by atoms with Gasteiger partial charge in [0.25, 0.3) is 0 Å². The highest BCUT2D eigenvalue weighted by molar-refractivity contribution is 9.10. The van der Waals surface area contributed by atoms with Crippen molar-refractivity contribution in [3.05, 3.63) is 68.4 Å². The van der Waals surface area contributed by atoms with Crippen LogP contribution < -0.4 is 5.32 Å². The molecule has 0 atom stereocenters. The molecule has 1 N–H and O–H groups in total. The number of carbonyl (C=O) groups is 1. The lowest BCUT2D eigenvalue weighted by Crippen LogP contribution is -2.14. The predicted molar refractivity (Wildman–Crippen MR) is 114 cm³/mol. The number of carbonyl (C=O) groups excluding carboxylic acids is 1. The summed E-state index contributed by atoms with van der Waals surface area (Å²) < 4.78 is 2.74. The zero-order chi connectivity index (χ0) is 19.4. The molecule has 0 aliphatic carbocycles. The van der Waals surface area contributed by atoms with Crippen LogP contribution in [0.1, 0.15) is 11.4 Å². The quantitative estimate of drug-likeness (QED) is 0.487. The number of rotatable bonds is 6. The van der Waals surface area contributed by atoms with Crippen molar-refractivity contribution in [2.75, 3.05) is 11.1 Å². The van der Waals surface area contributed by atoms with E-state index in [-0.39, 0.29) is 11.7 Å². The third-order valence-electron chi connectivity index (χ3n) is 3.74. The minimum Gasteiger partial charge on any atom is -0.324 e. The molecule has 0 saturated carbocycles. The molecule has 1 aromatic heterocycles. The molecule has 5 nitrogen and oxygen atoms in total. The average Bonchev–Trinajstić information content (AvgIpc) is 2.97. The van der Waals surface area contributed by atoms with Crippen molar-refractivity contribution in [1.29, 1.82) is 0 Å². The summed E-state index contributed by atoms with van der Waals surface area (Å²) in [6.07, 6.45) is 0.641. The van der Waals surface area contributed by atoms with Gasteiger partial charge in [-0.05, 0) is 35.9 Å². The molecule has 0 radical (unpaired) electrons. The molecule has 0 spiro atoms. The number of halogens is 3. The lowest BCUT2D eigenvalue weighted by atomic mass is 10.1. The van der Waals surface area contributed by atoms with E-state index in [0.717, 1.165) is 15.9 Å². The van der Waals surface area contributed by atoms with Crippen LogP contribution in [0.3, 0.4) is 0 Å². The first-order valence-electron chi connectivity index (χ1n) is 7.93. The Morgan fingerprint density at radius 3 is 2.63 bits per heavy atom. The third-order valence-corrected chi connectivity index (χ3v) is 5.82. The molecule has 9 heteroatoms. The van der Waals surface area contributed by atoms with Gasteiger partial charge in [-0.1, -0.05) is 63.0 Å². The van der Waals surface area contributed by atoms with Gasteiger partial charge in [-0.2, -0.15) is 0 Å². The first-order chi connectivity index (χ1) is 12.9. The summed E-state index contributed by atoms with van der Waals surface area (Å²) in [4.78, 5) is 12.2. The SMILES string of the molecule is Cn1c(Cc2ccc(Cl)cc2)nnc1SCC(=O)Nc1ccc(Br)cc1Cl. The molecule has 0 aliphatic heterocycles. The Morgan fingerprint density at radius 2 is 1.93 bits per heavy atom. The van der Waals surface area contributed by atoms with Gasteiger partial charge in [0.1, 0.15) is 5.82 Å². The standard InChI is InChI=1S/C18H15BrCl2N4OS/c1-25-16(8-11-2-5-13(20)6-3-11)23-24-18(25)27-10-17(26)22-15-7-4-12(19)9-14(15)21/h2-7,9H,8,10H2,1H3,(H,22,26). The molecule has 0 bridgehead atoms. The highest BCUT2D eigenvalue weighted by Crippen LogP contribution is 2.26. The molecule has 0 aliphatic rings. The number of hydrogen-bond donors (Lipinski definition) is 1. The summed E-state index contributed by atoms with van der Waals surface area (Å²) in [7, 11) is 1.89. The molecule has 0 saturated heterocycles. The van der Waals surface area contributed by atoms with Crippen LogP contribution >= 0.6 is 50.9 Å². The maximum atomic E-state index is 12.2. The number of amides is 1. The van der Waals surface area contributed by atoms with E-state index in [9.17, 15) is 4.79 Å². The van der Waals surface area contributed by atoms with Crippen molar-refractivity contribution in [2.45, 2.75) is 11.6 Å². The zero-order valence-corrected chi connectivity index (χ0v) is 18.2. The summed E-state index contributed by atoms with van der Waals surface area (Å²) in [5.74, 6) is 0.863. The highest BCUT2D eigenvalue weighted by Gasteiger charge is 2.13. The van der Waals surface area contributed by atoms with Crippen LogP contribution in [0.15, 0.2) is 52.1 Å². The molecular formula is C18H15BrCl2N4OS. The van der Waals surface area contributed by atoms with Gasteiger partial charge < -0.3 is 9.88 Å². The van der Waals surface area contributed by atoms with Crippen molar-refractivity contribution in [2.24, 2.45) is 7.05 Å². The number of hydrogen-bond acceptors (Lipinski definition) is 4. The fourth-order valence-corrected chi connectivity index (χ4v) is 3.89. The lowest BCUT2D eigenvalue weighted by molar-refractivity contribution is -0.113. The van der Waals surface area contributed by atoms with E-state index in [4.69, 9.17) is 23.2 Å². The molecular weight excluding hydrogens is 471 g/mol. The molecule has 140 valence electrons. The summed E-state index contributed by atoms with van der Waals surface area (Å²) in [5.41, 5.74) is 1.67. The van der Waals surface area contributed by atoms with E-state index in [1.807, 2.05) is 41.9 Å². The molecule has 1 heterocycles. The van der Waals surface area contributed by atoms with E-state index in [1.54, 1.807) is 12.1 Å². The fourth-order valence-electron chi connectivity index (χ4n) is 2.32. The van der Waals surface area contributed by atoms with Crippen LogP contribution in [-0.2, 0) is 18.3 Å². The molecule has 3 rings (SSSR count). The van der Waals surface area contributed by atoms with Crippen molar-refractivity contribution < 1.29 is 4.79 Å². The molecule has 1 amide bonds. The van der Waals surface area contributed by atoms with E-state index in [1.165, 1.54) is 11.8 Å². The molecule has 2 aromatic carbocycles. The topological polar surface area (TPSA) is 59.8 Å². The average molecular weight is 486 g/mol. The van der Waals surface area contributed by atoms with Gasteiger partial charge in [0, 0.05) is 23.0 Å². The monoisotopic (exact) mass is 484 g/mol. The van der Waals surface area contributed by atoms with Crippen molar-refractivity contribution in [3.8, 4) is 0 Å². The van der Waals surface area contributed by atoms with E-state index in [2.05, 4.69) is 31.4 Å². The number of aromatic nitrogens is 3. The second kappa shape index (κ2) is 9.10. The highest BCUT2D eigenvalue weighted by atomic mass is 79.9. The number of nitrogens with one attached hydrogen (secondary N) is 1. The number of nitrogens with zero attached hydrogens (tertiary/aromatic N) is 3.